The van der Waals surface area contributed by atoms with Crippen LogP contribution in [0.15, 0.2) is 119 Å². The highest BCUT2D eigenvalue weighted by atomic mass is 16.3. The molecule has 0 spiro atoms. The lowest BCUT2D eigenvalue weighted by atomic mass is 9.97. The molecule has 4 rings (SSSR count). The second-order valence-corrected chi connectivity index (χ2v) is 9.95. The fourth-order valence-electron chi connectivity index (χ4n) is 5.12. The molecule has 9 heteroatoms. The summed E-state index contributed by atoms with van der Waals surface area (Å²) in [5, 5.41) is 16.2. The highest BCUT2D eigenvalue weighted by molar-refractivity contribution is 5.85. The van der Waals surface area contributed by atoms with Crippen molar-refractivity contribution in [2.45, 2.75) is 31.3 Å². The largest absolute Gasteiger partial charge is 0.262 e. The van der Waals surface area contributed by atoms with Crippen LogP contribution in [0.5, 0.6) is 0 Å². The lowest BCUT2D eigenvalue weighted by Crippen LogP contribution is -2.48. The maximum atomic E-state index is 12.3. The lowest BCUT2D eigenvalue weighted by Gasteiger charge is -2.34. The van der Waals surface area contributed by atoms with Crippen molar-refractivity contribution < 1.29 is 0 Å². The van der Waals surface area contributed by atoms with E-state index in [2.05, 4.69) is 34.1 Å². The highest BCUT2D eigenvalue weighted by Gasteiger charge is 2.28. The summed E-state index contributed by atoms with van der Waals surface area (Å²) < 4.78 is 0. The lowest BCUT2D eigenvalue weighted by molar-refractivity contribution is 0.0949. The van der Waals surface area contributed by atoms with Crippen LogP contribution in [0, 0.1) is 14.7 Å². The van der Waals surface area contributed by atoms with Gasteiger partial charge in [-0.15, -0.1) is 14.7 Å². The zero-order valence-corrected chi connectivity index (χ0v) is 22.6. The van der Waals surface area contributed by atoms with Crippen LogP contribution >= 0.6 is 0 Å². The fourth-order valence-corrected chi connectivity index (χ4v) is 5.12. The van der Waals surface area contributed by atoms with Gasteiger partial charge in [0.15, 0.2) is 0 Å². The maximum absolute atomic E-state index is 12.3. The Morgan fingerprint density at radius 2 is 1.20 bits per heavy atom. The zero-order valence-electron chi connectivity index (χ0n) is 22.6. The molecule has 0 unspecified atom stereocenters. The average Bonchev–Trinajstić information content (AvgIpc) is 3.00. The number of benzene rings is 4. The van der Waals surface area contributed by atoms with E-state index in [0.717, 1.165) is 27.5 Å². The van der Waals surface area contributed by atoms with Gasteiger partial charge in [0, 0.05) is 13.6 Å². The van der Waals surface area contributed by atoms with Gasteiger partial charge in [0.2, 0.25) is 0 Å². The number of rotatable bonds is 16. The Labute approximate surface area is 234 Å². The van der Waals surface area contributed by atoms with Gasteiger partial charge in [-0.25, -0.2) is 0 Å². The molecule has 0 aliphatic heterocycles. The van der Waals surface area contributed by atoms with Crippen molar-refractivity contribution in [2.75, 3.05) is 26.7 Å². The molecule has 0 aliphatic rings. The van der Waals surface area contributed by atoms with Crippen molar-refractivity contribution in [2.24, 2.45) is 15.9 Å². The number of likely N-dealkylation sites (N-methyl/N-ethyl adjacent to an activating group) is 1. The third-order valence-corrected chi connectivity index (χ3v) is 7.19. The van der Waals surface area contributed by atoms with Gasteiger partial charge < -0.3 is 0 Å². The van der Waals surface area contributed by atoms with E-state index in [9.17, 15) is 14.7 Å². The van der Waals surface area contributed by atoms with Crippen molar-refractivity contribution in [3.05, 3.63) is 135 Å². The Hall–Kier alpha value is -4.66. The van der Waals surface area contributed by atoms with E-state index in [0.29, 0.717) is 25.8 Å². The number of hydrogen-bond donors (Lipinski definition) is 0. The molecule has 0 bridgehead atoms. The number of hydrogen-bond acceptors (Lipinski definition) is 6. The highest BCUT2D eigenvalue weighted by Crippen LogP contribution is 2.23. The molecule has 0 aromatic heterocycles. The zero-order chi connectivity index (χ0) is 28.2. The number of fused-ring (bicyclic) bond motifs is 1. The van der Waals surface area contributed by atoms with E-state index in [1.165, 1.54) is 15.0 Å². The molecule has 0 amide bonds. The molecule has 0 aliphatic carbocycles. The van der Waals surface area contributed by atoms with Crippen molar-refractivity contribution in [1.29, 1.82) is 0 Å². The van der Waals surface area contributed by atoms with Gasteiger partial charge in [-0.3, -0.25) is 15.0 Å². The molecule has 2 atom stereocenters. The van der Waals surface area contributed by atoms with Crippen LogP contribution in [0.3, 0.4) is 0 Å². The van der Waals surface area contributed by atoms with Crippen molar-refractivity contribution in [3.8, 4) is 0 Å². The maximum Gasteiger partial charge on any atom is 0.0736 e. The van der Waals surface area contributed by atoms with Gasteiger partial charge in [0.25, 0.3) is 0 Å². The monoisotopic (exact) mass is 538 g/mol. The smallest absolute Gasteiger partial charge is 0.0736 e. The van der Waals surface area contributed by atoms with E-state index in [1.54, 1.807) is 7.05 Å². The van der Waals surface area contributed by atoms with Crippen LogP contribution in [-0.2, 0) is 19.3 Å². The summed E-state index contributed by atoms with van der Waals surface area (Å²) in [6.07, 6.45) is 1.58. The minimum absolute atomic E-state index is 0.150. The van der Waals surface area contributed by atoms with Crippen LogP contribution in [-0.4, -0.2) is 53.8 Å². The molecule has 206 valence electrons. The molecular weight excluding hydrogens is 504 g/mol. The summed E-state index contributed by atoms with van der Waals surface area (Å²) in [5.41, 5.74) is 3.14. The third kappa shape index (κ3) is 7.69. The van der Waals surface area contributed by atoms with Gasteiger partial charge in [-0.2, -0.15) is 0 Å². The molecule has 0 N–H and O–H groups in total. The third-order valence-electron chi connectivity index (χ3n) is 7.19. The summed E-state index contributed by atoms with van der Waals surface area (Å²) in [6, 6.07) is 32.9. The molecule has 0 saturated carbocycles. The summed E-state index contributed by atoms with van der Waals surface area (Å²) in [4.78, 5) is 35.8. The van der Waals surface area contributed by atoms with Gasteiger partial charge in [0.1, 0.15) is 0 Å². The second kappa shape index (κ2) is 14.5. The van der Waals surface area contributed by atoms with Crippen LogP contribution in [0.25, 0.3) is 10.8 Å². The summed E-state index contributed by atoms with van der Waals surface area (Å²) in [6.45, 7) is 0.732. The van der Waals surface area contributed by atoms with Gasteiger partial charge in [-0.05, 0) is 46.7 Å². The first-order chi connectivity index (χ1) is 19.6. The average molecular weight is 539 g/mol. The molecule has 9 nitrogen and oxygen atoms in total. The first kappa shape index (κ1) is 28.4. The Morgan fingerprint density at radius 3 is 1.88 bits per heavy atom. The van der Waals surface area contributed by atoms with Crippen LogP contribution in [0.1, 0.15) is 16.7 Å². The van der Waals surface area contributed by atoms with Crippen LogP contribution < -0.4 is 0 Å². The predicted octanol–water partition coefficient (Wildman–Crippen LogP) is 6.18. The molecule has 4 aromatic rings. The molecule has 4 aromatic carbocycles. The van der Waals surface area contributed by atoms with Gasteiger partial charge >= 0.3 is 0 Å². The minimum Gasteiger partial charge on any atom is -0.262 e. The van der Waals surface area contributed by atoms with Crippen molar-refractivity contribution in [3.63, 3.8) is 0 Å². The summed E-state index contributed by atoms with van der Waals surface area (Å²) >= 11 is 0. The van der Waals surface area contributed by atoms with E-state index < -0.39 is 12.1 Å². The Morgan fingerprint density at radius 1 is 0.600 bits per heavy atom. The number of nitrogens with zero attached hydrogens (tertiary/aromatic N) is 6. The Balaban J connectivity index is 1.64. The summed E-state index contributed by atoms with van der Waals surface area (Å²) in [7, 11) is 1.57. The van der Waals surface area contributed by atoms with E-state index in [4.69, 9.17) is 0 Å². The van der Waals surface area contributed by atoms with E-state index >= 15 is 0 Å². The standard InChI is InChI=1S/C31H34N6O3/c1-35(32-38)23-29(21-26-13-6-3-7-14-26)37(34-40)24-30(36(33-39)20-19-25-11-4-2-5-12-25)22-28-17-10-16-27-15-8-9-18-31(27)28/h2-18,29-30H,19-24H2,1H3/t29-,30-/m0/s1. The van der Waals surface area contributed by atoms with E-state index in [-0.39, 0.29) is 13.1 Å². The van der Waals surface area contributed by atoms with Crippen molar-refractivity contribution in [1.82, 2.24) is 15.0 Å². The van der Waals surface area contributed by atoms with Gasteiger partial charge in [0.05, 0.1) is 41.0 Å². The Kier molecular flexibility index (Phi) is 10.3. The fraction of sp³-hybridized carbons (Fsp3) is 0.290. The number of nitroso groups, excluding NO2 is 3. The van der Waals surface area contributed by atoms with Crippen LogP contribution in [0.4, 0.5) is 0 Å². The Bertz CT molecular complexity index is 1370. The molecule has 0 saturated heterocycles. The minimum atomic E-state index is -0.447. The second-order valence-electron chi connectivity index (χ2n) is 9.95. The SMILES string of the molecule is CN(C[C@H](Cc1ccccc1)N(C[C@H](Cc1cccc2ccccc12)N(CCc1ccccc1)N=O)N=O)N=O. The van der Waals surface area contributed by atoms with Gasteiger partial charge in [-0.1, -0.05) is 103 Å². The first-order valence-electron chi connectivity index (χ1n) is 13.4. The van der Waals surface area contributed by atoms with E-state index in [1.807, 2.05) is 84.9 Å². The molecule has 0 fully saturated rings. The molecule has 0 radical (unpaired) electrons. The normalized spacial score (nSPS) is 12.3. The quantitative estimate of drug-likeness (QED) is 0.125. The molecule has 0 heterocycles. The predicted molar refractivity (Wildman–Crippen MR) is 159 cm³/mol. The summed E-state index contributed by atoms with van der Waals surface area (Å²) in [5.74, 6) is 0. The molecule has 40 heavy (non-hydrogen) atoms. The topological polar surface area (TPSA) is 98.0 Å². The molecular formula is C31H34N6O3. The first-order valence-corrected chi connectivity index (χ1v) is 13.4. The van der Waals surface area contributed by atoms with Crippen molar-refractivity contribution >= 4 is 10.8 Å². The van der Waals surface area contributed by atoms with Crippen LogP contribution in [0.2, 0.25) is 0 Å².